The molecule has 0 radical (unpaired) electrons. The molecule has 0 bridgehead atoms. The predicted octanol–water partition coefficient (Wildman–Crippen LogP) is -0.503. The first-order valence-electron chi connectivity index (χ1n) is 4.43. The van der Waals surface area contributed by atoms with Crippen molar-refractivity contribution in [3.8, 4) is 0 Å². The van der Waals surface area contributed by atoms with Gasteiger partial charge in [-0.05, 0) is 6.42 Å². The molecule has 14 heavy (non-hydrogen) atoms. The maximum Gasteiger partial charge on any atom is 0.260 e. The minimum Gasteiger partial charge on any atom is -0.385 e. The smallest absolute Gasteiger partial charge is 0.260 e. The van der Waals surface area contributed by atoms with Crippen LogP contribution in [0.2, 0.25) is 0 Å². The Morgan fingerprint density at radius 1 is 1.50 bits per heavy atom. The molecule has 2 amide bonds. The van der Waals surface area contributed by atoms with E-state index in [2.05, 4.69) is 0 Å². The van der Waals surface area contributed by atoms with Crippen molar-refractivity contribution in [3.05, 3.63) is 11.4 Å². The van der Waals surface area contributed by atoms with Gasteiger partial charge in [0.05, 0.1) is 5.57 Å². The van der Waals surface area contributed by atoms with E-state index in [9.17, 15) is 9.59 Å². The van der Waals surface area contributed by atoms with E-state index < -0.39 is 0 Å². The summed E-state index contributed by atoms with van der Waals surface area (Å²) in [6, 6.07) is 0. The Hall–Kier alpha value is -1.52. The number of carbonyl (C=O) groups excluding carboxylic acids is 2. The first-order valence-corrected chi connectivity index (χ1v) is 4.43. The fraction of sp³-hybridized carbons (Fsp3) is 0.556. The highest BCUT2D eigenvalue weighted by molar-refractivity contribution is 6.05. The summed E-state index contributed by atoms with van der Waals surface area (Å²) in [5.74, 6) is -0.0426. The molecule has 0 unspecified atom stereocenters. The summed E-state index contributed by atoms with van der Waals surface area (Å²) in [5, 5.41) is 0. The Morgan fingerprint density at radius 2 is 2.07 bits per heavy atom. The van der Waals surface area contributed by atoms with Gasteiger partial charge in [0.25, 0.3) is 5.91 Å². The van der Waals surface area contributed by atoms with Crippen molar-refractivity contribution in [2.24, 2.45) is 5.73 Å². The minimum absolute atomic E-state index is 0.225. The van der Waals surface area contributed by atoms with Crippen LogP contribution < -0.4 is 5.73 Å². The van der Waals surface area contributed by atoms with E-state index in [0.717, 1.165) is 0 Å². The lowest BCUT2D eigenvalue weighted by Gasteiger charge is -2.15. The molecule has 0 aromatic carbocycles. The molecule has 2 N–H and O–H groups in total. The van der Waals surface area contributed by atoms with Gasteiger partial charge in [0.2, 0.25) is 5.91 Å². The molecule has 0 aromatic heterocycles. The molecule has 1 aliphatic heterocycles. The molecular formula is C9H15N3O2. The van der Waals surface area contributed by atoms with E-state index in [1.165, 1.54) is 11.8 Å². The highest BCUT2D eigenvalue weighted by Crippen LogP contribution is 2.19. The zero-order valence-electron chi connectivity index (χ0n) is 8.70. The molecule has 1 fully saturated rings. The summed E-state index contributed by atoms with van der Waals surface area (Å²) >= 11 is 0. The lowest BCUT2D eigenvalue weighted by Crippen LogP contribution is -2.31. The van der Waals surface area contributed by atoms with Gasteiger partial charge in [-0.1, -0.05) is 0 Å². The second-order valence-corrected chi connectivity index (χ2v) is 3.48. The van der Waals surface area contributed by atoms with Crippen LogP contribution in [0.25, 0.3) is 0 Å². The molecule has 5 heteroatoms. The van der Waals surface area contributed by atoms with Crippen LogP contribution in [0.5, 0.6) is 0 Å². The minimum atomic E-state index is -0.260. The molecule has 1 saturated heterocycles. The van der Waals surface area contributed by atoms with E-state index in [-0.39, 0.29) is 11.8 Å². The number of hydrogen-bond donors (Lipinski definition) is 1. The van der Waals surface area contributed by atoms with Gasteiger partial charge in [-0.15, -0.1) is 0 Å². The van der Waals surface area contributed by atoms with Crippen molar-refractivity contribution in [2.45, 2.75) is 13.3 Å². The highest BCUT2D eigenvalue weighted by Gasteiger charge is 2.31. The summed E-state index contributed by atoms with van der Waals surface area (Å²) in [4.78, 5) is 25.5. The number of hydrogen-bond acceptors (Lipinski definition) is 4. The van der Waals surface area contributed by atoms with Crippen LogP contribution in [0.4, 0.5) is 0 Å². The quantitative estimate of drug-likeness (QED) is 0.575. The summed E-state index contributed by atoms with van der Waals surface area (Å²) in [6.07, 6.45) is 0.544. The van der Waals surface area contributed by atoms with Gasteiger partial charge >= 0.3 is 0 Å². The van der Waals surface area contributed by atoms with Gasteiger partial charge in [-0.2, -0.15) is 0 Å². The van der Waals surface area contributed by atoms with Crippen LogP contribution in [0, 0.1) is 0 Å². The van der Waals surface area contributed by atoms with E-state index in [0.29, 0.717) is 24.4 Å². The topological polar surface area (TPSA) is 66.6 Å². The number of amides is 2. The van der Waals surface area contributed by atoms with E-state index in [1.807, 2.05) is 0 Å². The number of rotatable bonds is 1. The Morgan fingerprint density at radius 3 is 2.43 bits per heavy atom. The molecule has 78 valence electrons. The van der Waals surface area contributed by atoms with Gasteiger partial charge in [-0.25, -0.2) is 0 Å². The third-order valence-electron chi connectivity index (χ3n) is 2.26. The predicted molar refractivity (Wildman–Crippen MR) is 51.9 cm³/mol. The molecular weight excluding hydrogens is 182 g/mol. The fourth-order valence-electron chi connectivity index (χ4n) is 1.40. The Labute approximate surface area is 83.1 Å². The Balaban J connectivity index is 2.94. The molecule has 0 saturated carbocycles. The third kappa shape index (κ3) is 1.71. The molecule has 1 aliphatic rings. The monoisotopic (exact) mass is 197 g/mol. The van der Waals surface area contributed by atoms with Gasteiger partial charge in [0, 0.05) is 27.6 Å². The molecule has 0 spiro atoms. The molecule has 0 aliphatic carbocycles. The van der Waals surface area contributed by atoms with Crippen LogP contribution in [0.15, 0.2) is 11.4 Å². The highest BCUT2D eigenvalue weighted by atomic mass is 16.2. The van der Waals surface area contributed by atoms with Gasteiger partial charge in [-0.3, -0.25) is 14.5 Å². The second kappa shape index (κ2) is 3.69. The average molecular weight is 197 g/mol. The van der Waals surface area contributed by atoms with Crippen molar-refractivity contribution in [1.29, 1.82) is 0 Å². The Kier molecular flexibility index (Phi) is 2.78. The van der Waals surface area contributed by atoms with Crippen molar-refractivity contribution >= 4 is 11.8 Å². The largest absolute Gasteiger partial charge is 0.385 e. The van der Waals surface area contributed by atoms with Crippen LogP contribution in [0.3, 0.4) is 0 Å². The van der Waals surface area contributed by atoms with Crippen molar-refractivity contribution < 1.29 is 9.59 Å². The second-order valence-electron chi connectivity index (χ2n) is 3.48. The lowest BCUT2D eigenvalue weighted by molar-refractivity contribution is -0.138. The lowest BCUT2D eigenvalue weighted by atomic mass is 10.2. The van der Waals surface area contributed by atoms with Crippen LogP contribution in [-0.4, -0.2) is 42.3 Å². The van der Waals surface area contributed by atoms with Gasteiger partial charge < -0.3 is 10.6 Å². The summed E-state index contributed by atoms with van der Waals surface area (Å²) in [6.45, 7) is 1.82. The first kappa shape index (κ1) is 10.6. The number of likely N-dealkylation sites (tertiary alicyclic amines) is 1. The number of imide groups is 1. The van der Waals surface area contributed by atoms with Crippen LogP contribution in [0.1, 0.15) is 13.3 Å². The molecule has 0 aromatic rings. The van der Waals surface area contributed by atoms with E-state index in [1.54, 1.807) is 19.0 Å². The van der Waals surface area contributed by atoms with Crippen LogP contribution in [-0.2, 0) is 9.59 Å². The van der Waals surface area contributed by atoms with E-state index >= 15 is 0 Å². The summed E-state index contributed by atoms with van der Waals surface area (Å²) in [7, 11) is 3.54. The molecule has 1 heterocycles. The number of nitrogens with two attached hydrogens (primary N) is 1. The summed E-state index contributed by atoms with van der Waals surface area (Å²) in [5.41, 5.74) is 6.25. The third-order valence-corrected chi connectivity index (χ3v) is 2.26. The SMILES string of the molecule is CC(=O)N1CC/C(=C(\N)N(C)C)C1=O. The van der Waals surface area contributed by atoms with Gasteiger partial charge in [0.15, 0.2) is 0 Å². The normalized spacial score (nSPS) is 19.9. The molecule has 0 atom stereocenters. The van der Waals surface area contributed by atoms with Crippen LogP contribution >= 0.6 is 0 Å². The maximum absolute atomic E-state index is 11.6. The standard InChI is InChI=1S/C9H15N3O2/c1-6(13)12-5-4-7(9(12)14)8(10)11(2)3/h4-5,10H2,1-3H3/b8-7-. The first-order chi connectivity index (χ1) is 6.45. The molecule has 5 nitrogen and oxygen atoms in total. The average Bonchev–Trinajstić information content (AvgIpc) is 2.45. The fourth-order valence-corrected chi connectivity index (χ4v) is 1.40. The van der Waals surface area contributed by atoms with Gasteiger partial charge in [0.1, 0.15) is 5.82 Å². The number of nitrogens with zero attached hydrogens (tertiary/aromatic N) is 2. The van der Waals surface area contributed by atoms with Crippen molar-refractivity contribution in [1.82, 2.24) is 9.80 Å². The van der Waals surface area contributed by atoms with Crippen molar-refractivity contribution in [2.75, 3.05) is 20.6 Å². The van der Waals surface area contributed by atoms with Crippen molar-refractivity contribution in [3.63, 3.8) is 0 Å². The van der Waals surface area contributed by atoms with E-state index in [4.69, 9.17) is 5.73 Å². The zero-order chi connectivity index (χ0) is 10.9. The Bertz CT molecular complexity index is 307. The zero-order valence-corrected chi connectivity index (χ0v) is 8.70. The molecule has 1 rings (SSSR count). The maximum atomic E-state index is 11.6. The summed E-state index contributed by atoms with van der Waals surface area (Å²) < 4.78 is 0. The number of carbonyl (C=O) groups is 2.